The van der Waals surface area contributed by atoms with Crippen molar-refractivity contribution in [2.75, 3.05) is 51.5 Å². The lowest BCUT2D eigenvalue weighted by Gasteiger charge is -2.28. The summed E-state index contributed by atoms with van der Waals surface area (Å²) in [6, 6.07) is 7.84. The van der Waals surface area contributed by atoms with Gasteiger partial charge in [0.2, 0.25) is 5.95 Å². The van der Waals surface area contributed by atoms with Crippen molar-refractivity contribution in [2.24, 2.45) is 9.98 Å². The lowest BCUT2D eigenvalue weighted by atomic mass is 10.0. The van der Waals surface area contributed by atoms with E-state index >= 15 is 0 Å². The summed E-state index contributed by atoms with van der Waals surface area (Å²) in [5, 5.41) is 10.5. The number of hydrogen-bond donors (Lipinski definition) is 2. The van der Waals surface area contributed by atoms with Gasteiger partial charge in [-0.05, 0) is 26.0 Å². The molecule has 2 aromatic heterocycles. The highest BCUT2D eigenvalue weighted by atomic mass is 16.5. The van der Waals surface area contributed by atoms with Crippen molar-refractivity contribution in [3.8, 4) is 11.3 Å². The Bertz CT molecular complexity index is 1240. The second kappa shape index (κ2) is 10.5. The van der Waals surface area contributed by atoms with Gasteiger partial charge in [-0.25, -0.2) is 19.8 Å². The molecule has 0 atom stereocenters. The molecular weight excluding hydrogens is 436 g/mol. The fourth-order valence-electron chi connectivity index (χ4n) is 3.78. The van der Waals surface area contributed by atoms with Crippen LogP contribution in [0.5, 0.6) is 0 Å². The zero-order valence-corrected chi connectivity index (χ0v) is 19.5. The normalized spacial score (nSPS) is 15.2. The molecule has 1 saturated heterocycles. The number of H-pyrrole nitrogens is 1. The molecule has 0 saturated carbocycles. The minimum absolute atomic E-state index is 0.0591. The zero-order valence-electron chi connectivity index (χ0n) is 19.5. The summed E-state index contributed by atoms with van der Waals surface area (Å²) in [4.78, 5) is 35.8. The first-order chi connectivity index (χ1) is 16.5. The number of fused-ring (bicyclic) bond motifs is 1. The number of anilines is 1. The van der Waals surface area contributed by atoms with Crippen molar-refractivity contribution < 1.29 is 19.4 Å². The summed E-state index contributed by atoms with van der Waals surface area (Å²) in [5.41, 5.74) is 3.78. The van der Waals surface area contributed by atoms with E-state index in [9.17, 15) is 9.90 Å². The minimum atomic E-state index is -1.11. The number of rotatable bonds is 8. The molecule has 3 heterocycles. The zero-order chi connectivity index (χ0) is 24.1. The second-order valence-corrected chi connectivity index (χ2v) is 7.88. The highest BCUT2D eigenvalue weighted by Gasteiger charge is 2.24. The maximum atomic E-state index is 11.7. The summed E-state index contributed by atoms with van der Waals surface area (Å²) >= 11 is 0. The first-order valence-electron chi connectivity index (χ1n) is 11.1. The number of carboxylic acids is 1. The molecule has 1 aromatic carbocycles. The highest BCUT2D eigenvalue weighted by molar-refractivity contribution is 6.35. The molecule has 178 valence electrons. The smallest absolute Gasteiger partial charge is 0.349 e. The highest BCUT2D eigenvalue weighted by Crippen LogP contribution is 2.37. The van der Waals surface area contributed by atoms with Crippen LogP contribution in [-0.4, -0.2) is 84.0 Å². The van der Waals surface area contributed by atoms with Gasteiger partial charge in [-0.3, -0.25) is 4.99 Å². The van der Waals surface area contributed by atoms with E-state index in [1.807, 2.05) is 37.4 Å². The van der Waals surface area contributed by atoms with Crippen molar-refractivity contribution in [3.63, 3.8) is 0 Å². The van der Waals surface area contributed by atoms with Crippen LogP contribution in [0.15, 0.2) is 40.4 Å². The number of carboxylic acid groups (broad SMARTS) is 1. The molecule has 10 heteroatoms. The van der Waals surface area contributed by atoms with Gasteiger partial charge in [0.25, 0.3) is 0 Å². The van der Waals surface area contributed by atoms with Crippen molar-refractivity contribution in [3.05, 3.63) is 36.2 Å². The molecule has 1 aliphatic rings. The standard InChI is InChI=1S/C24H28N6O4/c1-15(25-9-12-33-3)20-22(27-16(2)23(31)32)21(18-5-4-6-19-17(18)7-8-26-19)29-24(28-20)30-10-13-34-14-11-30/h4-8,26H,9-14H2,1-3H3,(H,31,32). The van der Waals surface area contributed by atoms with E-state index in [4.69, 9.17) is 19.4 Å². The van der Waals surface area contributed by atoms with Gasteiger partial charge in [-0.15, -0.1) is 0 Å². The van der Waals surface area contributed by atoms with Crippen LogP contribution in [0.25, 0.3) is 22.2 Å². The van der Waals surface area contributed by atoms with Gasteiger partial charge in [0, 0.05) is 42.9 Å². The number of aliphatic imine (C=N–C) groups is 2. The van der Waals surface area contributed by atoms with Crippen LogP contribution in [-0.2, 0) is 14.3 Å². The van der Waals surface area contributed by atoms with E-state index in [0.717, 1.165) is 16.5 Å². The molecule has 10 nitrogen and oxygen atoms in total. The molecule has 1 aliphatic heterocycles. The predicted molar refractivity (Wildman–Crippen MR) is 132 cm³/mol. The number of nitrogens with zero attached hydrogens (tertiary/aromatic N) is 5. The van der Waals surface area contributed by atoms with Crippen LogP contribution >= 0.6 is 0 Å². The molecule has 3 aromatic rings. The minimum Gasteiger partial charge on any atom is -0.477 e. The molecular formula is C24H28N6O4. The quantitative estimate of drug-likeness (QED) is 0.388. The fourth-order valence-corrected chi connectivity index (χ4v) is 3.78. The Kier molecular flexibility index (Phi) is 7.29. The Morgan fingerprint density at radius 2 is 2.03 bits per heavy atom. The third-order valence-electron chi connectivity index (χ3n) is 5.59. The summed E-state index contributed by atoms with van der Waals surface area (Å²) in [6.07, 6.45) is 1.86. The molecule has 1 fully saturated rings. The van der Waals surface area contributed by atoms with Crippen molar-refractivity contribution in [2.45, 2.75) is 13.8 Å². The average molecular weight is 465 g/mol. The van der Waals surface area contributed by atoms with Gasteiger partial charge in [-0.2, -0.15) is 0 Å². The van der Waals surface area contributed by atoms with Gasteiger partial charge >= 0.3 is 5.97 Å². The van der Waals surface area contributed by atoms with Crippen molar-refractivity contribution >= 4 is 39.9 Å². The topological polar surface area (TPSA) is 125 Å². The Labute approximate surface area is 197 Å². The van der Waals surface area contributed by atoms with E-state index < -0.39 is 5.97 Å². The number of ether oxygens (including phenoxy) is 2. The Hall–Kier alpha value is -3.63. The predicted octanol–water partition coefficient (Wildman–Crippen LogP) is 3.09. The van der Waals surface area contributed by atoms with Crippen LogP contribution < -0.4 is 4.90 Å². The van der Waals surface area contributed by atoms with Crippen LogP contribution in [0.3, 0.4) is 0 Å². The number of aromatic amines is 1. The van der Waals surface area contributed by atoms with Gasteiger partial charge in [0.15, 0.2) is 0 Å². The van der Waals surface area contributed by atoms with Crippen LogP contribution in [0.4, 0.5) is 11.6 Å². The van der Waals surface area contributed by atoms with Crippen LogP contribution in [0.2, 0.25) is 0 Å². The second-order valence-electron chi connectivity index (χ2n) is 7.88. The number of methoxy groups -OCH3 is 1. The third-order valence-corrected chi connectivity index (χ3v) is 5.59. The molecule has 34 heavy (non-hydrogen) atoms. The Morgan fingerprint density at radius 3 is 2.76 bits per heavy atom. The number of hydrogen-bond acceptors (Lipinski definition) is 8. The lowest BCUT2D eigenvalue weighted by Crippen LogP contribution is -2.37. The molecule has 0 spiro atoms. The largest absolute Gasteiger partial charge is 0.477 e. The first kappa shape index (κ1) is 23.5. The van der Waals surface area contributed by atoms with E-state index in [0.29, 0.717) is 68.2 Å². The lowest BCUT2D eigenvalue weighted by molar-refractivity contribution is -0.129. The number of aromatic nitrogens is 3. The molecule has 0 radical (unpaired) electrons. The van der Waals surface area contributed by atoms with E-state index in [1.54, 1.807) is 7.11 Å². The van der Waals surface area contributed by atoms with Gasteiger partial charge < -0.3 is 24.5 Å². The number of nitrogens with one attached hydrogen (secondary N) is 1. The average Bonchev–Trinajstić information content (AvgIpc) is 3.34. The van der Waals surface area contributed by atoms with Gasteiger partial charge in [0.05, 0.1) is 32.1 Å². The number of aliphatic carboxylic acids is 1. The first-order valence-corrected chi connectivity index (χ1v) is 11.1. The SMILES string of the molecule is COCCN=C(C)c1nc(N2CCOCC2)nc(-c2cccc3[nH]ccc23)c1N=C(C)C(=O)O. The monoisotopic (exact) mass is 464 g/mol. The van der Waals surface area contributed by atoms with Gasteiger partial charge in [0.1, 0.15) is 22.8 Å². The fraction of sp³-hybridized carbons (Fsp3) is 0.375. The maximum absolute atomic E-state index is 11.7. The summed E-state index contributed by atoms with van der Waals surface area (Å²) in [7, 11) is 1.62. The number of carbonyl (C=O) groups is 1. The van der Waals surface area contributed by atoms with Gasteiger partial charge in [-0.1, -0.05) is 12.1 Å². The van der Waals surface area contributed by atoms with E-state index in [1.165, 1.54) is 6.92 Å². The molecule has 2 N–H and O–H groups in total. The molecule has 4 rings (SSSR count). The molecule has 0 aliphatic carbocycles. The van der Waals surface area contributed by atoms with Crippen LogP contribution in [0.1, 0.15) is 19.5 Å². The Balaban J connectivity index is 2.00. The van der Waals surface area contributed by atoms with E-state index in [2.05, 4.69) is 19.9 Å². The van der Waals surface area contributed by atoms with Crippen LogP contribution in [0, 0.1) is 0 Å². The Morgan fingerprint density at radius 1 is 1.24 bits per heavy atom. The molecule has 0 unspecified atom stereocenters. The third kappa shape index (κ3) is 4.97. The maximum Gasteiger partial charge on any atom is 0.349 e. The summed E-state index contributed by atoms with van der Waals surface area (Å²) < 4.78 is 10.6. The number of morpholine rings is 1. The van der Waals surface area contributed by atoms with Crippen molar-refractivity contribution in [1.29, 1.82) is 0 Å². The number of benzene rings is 1. The summed E-state index contributed by atoms with van der Waals surface area (Å²) in [6.45, 7) is 6.69. The molecule has 0 amide bonds. The summed E-state index contributed by atoms with van der Waals surface area (Å²) in [5.74, 6) is -0.572. The molecule has 0 bridgehead atoms. The van der Waals surface area contributed by atoms with E-state index in [-0.39, 0.29) is 5.71 Å². The van der Waals surface area contributed by atoms with Crippen molar-refractivity contribution in [1.82, 2.24) is 15.0 Å².